The number of aromatic nitrogens is 2. The Morgan fingerprint density at radius 1 is 0.906 bits per heavy atom. The lowest BCUT2D eigenvalue weighted by Gasteiger charge is -2.36. The average Bonchev–Trinajstić information content (AvgIpc) is 2.78. The van der Waals surface area contributed by atoms with Gasteiger partial charge in [-0.25, -0.2) is 4.68 Å². The SMILES string of the molecule is Cc1ccc(-c2nn(CC(C)C)c(=O)c(N3CCN(Cc4ccccc4)CC3)c2C)cc1. The van der Waals surface area contributed by atoms with Crippen LogP contribution in [-0.2, 0) is 13.1 Å². The molecule has 1 aliphatic rings. The van der Waals surface area contributed by atoms with E-state index in [9.17, 15) is 4.79 Å². The standard InChI is InChI=1S/C27H34N4O/c1-20(2)18-31-27(32)26(22(4)25(28-31)24-12-10-21(3)11-13-24)30-16-14-29(15-17-30)19-23-8-6-5-7-9-23/h5-13,20H,14-19H2,1-4H3. The number of piperazine rings is 1. The molecule has 4 rings (SSSR count). The van der Waals surface area contributed by atoms with Crippen molar-refractivity contribution in [2.75, 3.05) is 31.1 Å². The molecule has 0 spiro atoms. The van der Waals surface area contributed by atoms with Crippen molar-refractivity contribution in [3.63, 3.8) is 0 Å². The van der Waals surface area contributed by atoms with E-state index in [1.165, 1.54) is 11.1 Å². The summed E-state index contributed by atoms with van der Waals surface area (Å²) in [5.74, 6) is 0.351. The van der Waals surface area contributed by atoms with Gasteiger partial charge in [-0.15, -0.1) is 0 Å². The van der Waals surface area contributed by atoms with E-state index in [0.29, 0.717) is 12.5 Å². The summed E-state index contributed by atoms with van der Waals surface area (Å²) in [6.45, 7) is 13.6. The van der Waals surface area contributed by atoms with Crippen molar-refractivity contribution in [3.05, 3.63) is 81.6 Å². The van der Waals surface area contributed by atoms with Crippen LogP contribution in [0.15, 0.2) is 59.4 Å². The molecule has 0 unspecified atom stereocenters. The third-order valence-electron chi connectivity index (χ3n) is 6.17. The second-order valence-electron chi connectivity index (χ2n) is 9.32. The van der Waals surface area contributed by atoms with Crippen LogP contribution in [0.3, 0.4) is 0 Å². The second-order valence-corrected chi connectivity index (χ2v) is 9.32. The summed E-state index contributed by atoms with van der Waals surface area (Å²) in [5, 5.41) is 4.81. The van der Waals surface area contributed by atoms with Crippen molar-refractivity contribution >= 4 is 5.69 Å². The molecule has 0 saturated carbocycles. The predicted octanol–water partition coefficient (Wildman–Crippen LogP) is 4.51. The van der Waals surface area contributed by atoms with Gasteiger partial charge < -0.3 is 4.90 Å². The summed E-state index contributed by atoms with van der Waals surface area (Å²) in [7, 11) is 0. The molecule has 0 atom stereocenters. The molecule has 5 nitrogen and oxygen atoms in total. The number of nitrogens with zero attached hydrogens (tertiary/aromatic N) is 4. The molecule has 32 heavy (non-hydrogen) atoms. The zero-order valence-corrected chi connectivity index (χ0v) is 19.7. The maximum absolute atomic E-state index is 13.5. The third-order valence-corrected chi connectivity index (χ3v) is 6.17. The summed E-state index contributed by atoms with van der Waals surface area (Å²) in [5.41, 5.74) is 6.36. The highest BCUT2D eigenvalue weighted by Crippen LogP contribution is 2.27. The molecular formula is C27H34N4O. The molecule has 5 heteroatoms. The van der Waals surface area contributed by atoms with E-state index in [-0.39, 0.29) is 5.56 Å². The molecule has 0 aliphatic carbocycles. The van der Waals surface area contributed by atoms with Gasteiger partial charge in [0.1, 0.15) is 5.69 Å². The van der Waals surface area contributed by atoms with Gasteiger partial charge in [0.2, 0.25) is 0 Å². The molecule has 1 fully saturated rings. The molecule has 0 bridgehead atoms. The number of benzene rings is 2. The van der Waals surface area contributed by atoms with Crippen LogP contribution in [0.2, 0.25) is 0 Å². The zero-order chi connectivity index (χ0) is 22.7. The van der Waals surface area contributed by atoms with E-state index in [1.54, 1.807) is 4.68 Å². The van der Waals surface area contributed by atoms with Crippen LogP contribution in [-0.4, -0.2) is 40.9 Å². The van der Waals surface area contributed by atoms with Crippen molar-refractivity contribution in [2.45, 2.75) is 40.8 Å². The average molecular weight is 431 g/mol. The van der Waals surface area contributed by atoms with Gasteiger partial charge in [-0.3, -0.25) is 9.69 Å². The van der Waals surface area contributed by atoms with Gasteiger partial charge in [-0.2, -0.15) is 5.10 Å². The summed E-state index contributed by atoms with van der Waals surface area (Å²) in [6.07, 6.45) is 0. The van der Waals surface area contributed by atoms with E-state index in [1.807, 2.05) is 0 Å². The highest BCUT2D eigenvalue weighted by atomic mass is 16.1. The first-order valence-corrected chi connectivity index (χ1v) is 11.6. The summed E-state index contributed by atoms with van der Waals surface area (Å²) in [6, 6.07) is 19.0. The monoisotopic (exact) mass is 430 g/mol. The molecule has 1 aliphatic heterocycles. The van der Waals surface area contributed by atoms with Crippen LogP contribution in [0.25, 0.3) is 11.3 Å². The molecule has 1 saturated heterocycles. The fourth-order valence-electron chi connectivity index (χ4n) is 4.43. The summed E-state index contributed by atoms with van der Waals surface area (Å²) in [4.78, 5) is 18.2. The molecule has 2 heterocycles. The molecule has 0 radical (unpaired) electrons. The number of anilines is 1. The lowest BCUT2D eigenvalue weighted by atomic mass is 10.0. The maximum atomic E-state index is 13.5. The molecule has 1 aromatic heterocycles. The minimum Gasteiger partial charge on any atom is -0.364 e. The van der Waals surface area contributed by atoms with E-state index in [4.69, 9.17) is 5.10 Å². The third kappa shape index (κ3) is 4.94. The van der Waals surface area contributed by atoms with Crippen molar-refractivity contribution < 1.29 is 0 Å². The Morgan fingerprint density at radius 3 is 2.19 bits per heavy atom. The van der Waals surface area contributed by atoms with Crippen LogP contribution in [0.1, 0.15) is 30.5 Å². The predicted molar refractivity (Wildman–Crippen MR) is 132 cm³/mol. The number of hydrogen-bond donors (Lipinski definition) is 0. The lowest BCUT2D eigenvalue weighted by molar-refractivity contribution is 0.249. The molecule has 0 N–H and O–H groups in total. The minimum atomic E-state index is 0.0311. The molecule has 168 valence electrons. The van der Waals surface area contributed by atoms with E-state index < -0.39 is 0 Å². The van der Waals surface area contributed by atoms with E-state index in [0.717, 1.165) is 55.2 Å². The second kappa shape index (κ2) is 9.70. The van der Waals surface area contributed by atoms with Gasteiger partial charge in [-0.05, 0) is 25.3 Å². The minimum absolute atomic E-state index is 0.0311. The van der Waals surface area contributed by atoms with Gasteiger partial charge in [0, 0.05) is 50.4 Å². The fraction of sp³-hybridized carbons (Fsp3) is 0.407. The Kier molecular flexibility index (Phi) is 6.75. The van der Waals surface area contributed by atoms with Crippen molar-refractivity contribution in [3.8, 4) is 11.3 Å². The first kappa shape index (κ1) is 22.3. The molecule has 2 aromatic carbocycles. The van der Waals surface area contributed by atoms with Crippen LogP contribution >= 0.6 is 0 Å². The smallest absolute Gasteiger partial charge is 0.290 e. The maximum Gasteiger partial charge on any atom is 0.290 e. The Balaban J connectivity index is 1.63. The zero-order valence-electron chi connectivity index (χ0n) is 19.7. The molecule has 0 amide bonds. The van der Waals surface area contributed by atoms with Gasteiger partial charge in [-0.1, -0.05) is 74.0 Å². The van der Waals surface area contributed by atoms with Crippen molar-refractivity contribution in [1.82, 2.24) is 14.7 Å². The van der Waals surface area contributed by atoms with Crippen LogP contribution in [0.5, 0.6) is 0 Å². The normalized spacial score (nSPS) is 14.8. The first-order valence-electron chi connectivity index (χ1n) is 11.6. The lowest BCUT2D eigenvalue weighted by Crippen LogP contribution is -2.48. The van der Waals surface area contributed by atoms with E-state index in [2.05, 4.69) is 92.1 Å². The topological polar surface area (TPSA) is 41.4 Å². The number of hydrogen-bond acceptors (Lipinski definition) is 4. The summed E-state index contributed by atoms with van der Waals surface area (Å²) < 4.78 is 1.68. The first-order chi connectivity index (χ1) is 15.4. The Hall–Kier alpha value is -2.92. The number of aryl methyl sites for hydroxylation is 1. The van der Waals surface area contributed by atoms with Gasteiger partial charge >= 0.3 is 0 Å². The fourth-order valence-corrected chi connectivity index (χ4v) is 4.43. The van der Waals surface area contributed by atoms with Crippen LogP contribution in [0, 0.1) is 19.8 Å². The highest BCUT2D eigenvalue weighted by molar-refractivity contribution is 5.70. The summed E-state index contributed by atoms with van der Waals surface area (Å²) >= 11 is 0. The van der Waals surface area contributed by atoms with Crippen LogP contribution < -0.4 is 10.5 Å². The van der Waals surface area contributed by atoms with Gasteiger partial charge in [0.25, 0.3) is 5.56 Å². The Bertz CT molecular complexity index is 1090. The van der Waals surface area contributed by atoms with Gasteiger partial charge in [0.15, 0.2) is 0 Å². The quantitative estimate of drug-likeness (QED) is 0.577. The molecule has 3 aromatic rings. The Morgan fingerprint density at radius 2 is 1.56 bits per heavy atom. The Labute approximate surface area is 191 Å². The molecular weight excluding hydrogens is 396 g/mol. The van der Waals surface area contributed by atoms with Gasteiger partial charge in [0.05, 0.1) is 5.69 Å². The van der Waals surface area contributed by atoms with E-state index >= 15 is 0 Å². The van der Waals surface area contributed by atoms with Crippen molar-refractivity contribution in [2.24, 2.45) is 5.92 Å². The van der Waals surface area contributed by atoms with Crippen molar-refractivity contribution in [1.29, 1.82) is 0 Å². The largest absolute Gasteiger partial charge is 0.364 e. The van der Waals surface area contributed by atoms with Crippen LogP contribution in [0.4, 0.5) is 5.69 Å². The number of rotatable bonds is 6. The highest BCUT2D eigenvalue weighted by Gasteiger charge is 2.24.